The predicted octanol–water partition coefficient (Wildman–Crippen LogP) is 1.72. The van der Waals surface area contributed by atoms with Crippen LogP contribution in [0.2, 0.25) is 0 Å². The number of ketones is 1. The molecule has 0 aromatic carbocycles. The van der Waals surface area contributed by atoms with Gasteiger partial charge in [-0.1, -0.05) is 18.2 Å². The lowest BCUT2D eigenvalue weighted by atomic mass is 9.84. The third-order valence-electron chi connectivity index (χ3n) is 1.45. The number of carbonyl (C=O) groups excluding carboxylic acids is 1. The van der Waals surface area contributed by atoms with Crippen LogP contribution in [0.3, 0.4) is 0 Å². The van der Waals surface area contributed by atoms with E-state index < -0.39 is 0 Å². The molecular formula is C6H7ClO. The van der Waals surface area contributed by atoms with E-state index in [0.29, 0.717) is 11.5 Å². The Labute approximate surface area is 53.3 Å². The van der Waals surface area contributed by atoms with E-state index in [1.807, 2.05) is 0 Å². The summed E-state index contributed by atoms with van der Waals surface area (Å²) in [7, 11) is 0. The van der Waals surface area contributed by atoms with Gasteiger partial charge in [-0.05, 0) is 6.42 Å². The van der Waals surface area contributed by atoms with Crippen LogP contribution in [0.4, 0.5) is 0 Å². The second-order valence-electron chi connectivity index (χ2n) is 2.00. The molecule has 0 spiro atoms. The zero-order valence-corrected chi connectivity index (χ0v) is 5.24. The van der Waals surface area contributed by atoms with E-state index in [2.05, 4.69) is 6.58 Å². The monoisotopic (exact) mass is 130 g/mol. The van der Waals surface area contributed by atoms with Gasteiger partial charge in [0.25, 0.3) is 0 Å². The minimum atomic E-state index is -0.0170. The second kappa shape index (κ2) is 1.90. The maximum atomic E-state index is 10.5. The third-order valence-corrected chi connectivity index (χ3v) is 1.71. The zero-order valence-electron chi connectivity index (χ0n) is 4.48. The zero-order chi connectivity index (χ0) is 6.15. The van der Waals surface area contributed by atoms with Crippen molar-refractivity contribution in [2.24, 2.45) is 5.92 Å². The van der Waals surface area contributed by atoms with E-state index in [-0.39, 0.29) is 11.7 Å². The van der Waals surface area contributed by atoms with Gasteiger partial charge >= 0.3 is 0 Å². The lowest BCUT2D eigenvalue weighted by Gasteiger charge is -2.21. The molecule has 2 heteroatoms. The van der Waals surface area contributed by atoms with Gasteiger partial charge in [0.2, 0.25) is 0 Å². The first-order chi connectivity index (χ1) is 3.72. The number of carbonyl (C=O) groups is 1. The van der Waals surface area contributed by atoms with Gasteiger partial charge in [-0.2, -0.15) is 0 Å². The van der Waals surface area contributed by atoms with Crippen molar-refractivity contribution in [2.75, 3.05) is 0 Å². The molecule has 1 atom stereocenters. The van der Waals surface area contributed by atoms with Gasteiger partial charge in [-0.15, -0.1) is 0 Å². The maximum absolute atomic E-state index is 10.5. The Morgan fingerprint density at radius 1 is 1.88 bits per heavy atom. The van der Waals surface area contributed by atoms with Crippen LogP contribution in [0.15, 0.2) is 11.6 Å². The van der Waals surface area contributed by atoms with E-state index in [9.17, 15) is 4.79 Å². The van der Waals surface area contributed by atoms with Crippen molar-refractivity contribution in [3.63, 3.8) is 0 Å². The van der Waals surface area contributed by atoms with E-state index in [1.54, 1.807) is 0 Å². The van der Waals surface area contributed by atoms with Crippen LogP contribution in [0.25, 0.3) is 0 Å². The predicted molar refractivity (Wildman–Crippen MR) is 32.7 cm³/mol. The number of rotatable bonds is 1. The number of Topliss-reactive ketones (excluding diaryl/α,β-unsaturated/α-hetero) is 1. The Morgan fingerprint density at radius 2 is 2.50 bits per heavy atom. The normalized spacial score (nSPS) is 27.1. The molecule has 1 saturated carbocycles. The molecule has 1 unspecified atom stereocenters. The van der Waals surface area contributed by atoms with Crippen molar-refractivity contribution < 1.29 is 4.79 Å². The first-order valence-electron chi connectivity index (χ1n) is 2.59. The highest BCUT2D eigenvalue weighted by atomic mass is 35.5. The van der Waals surface area contributed by atoms with E-state index >= 15 is 0 Å². The molecule has 1 rings (SSSR count). The van der Waals surface area contributed by atoms with Gasteiger partial charge in [0, 0.05) is 11.5 Å². The van der Waals surface area contributed by atoms with Crippen LogP contribution in [0.1, 0.15) is 12.8 Å². The van der Waals surface area contributed by atoms with Crippen LogP contribution in [0.5, 0.6) is 0 Å². The van der Waals surface area contributed by atoms with Gasteiger partial charge < -0.3 is 0 Å². The fraction of sp³-hybridized carbons (Fsp3) is 0.500. The van der Waals surface area contributed by atoms with Crippen molar-refractivity contribution in [2.45, 2.75) is 12.8 Å². The van der Waals surface area contributed by atoms with Crippen LogP contribution in [0, 0.1) is 5.92 Å². The minimum Gasteiger partial charge on any atom is -0.299 e. The molecule has 1 fully saturated rings. The summed E-state index contributed by atoms with van der Waals surface area (Å²) in [6.45, 7) is 3.47. The first kappa shape index (κ1) is 5.83. The van der Waals surface area contributed by atoms with Gasteiger partial charge in [-0.3, -0.25) is 4.79 Å². The minimum absolute atomic E-state index is 0.0170. The van der Waals surface area contributed by atoms with Crippen molar-refractivity contribution in [3.8, 4) is 0 Å². The van der Waals surface area contributed by atoms with E-state index in [4.69, 9.17) is 11.6 Å². The number of hydrogen-bond donors (Lipinski definition) is 0. The summed E-state index contributed by atoms with van der Waals surface area (Å²) in [5.41, 5.74) is 0. The first-order valence-corrected chi connectivity index (χ1v) is 2.96. The van der Waals surface area contributed by atoms with Crippen LogP contribution >= 0.6 is 11.6 Å². The van der Waals surface area contributed by atoms with E-state index in [1.165, 1.54) is 0 Å². The molecule has 0 aromatic rings. The van der Waals surface area contributed by atoms with Gasteiger partial charge in [0.1, 0.15) is 5.78 Å². The number of halogens is 1. The molecule has 0 saturated heterocycles. The van der Waals surface area contributed by atoms with E-state index in [0.717, 1.165) is 6.42 Å². The Kier molecular flexibility index (Phi) is 1.39. The molecule has 0 aliphatic heterocycles. The average Bonchev–Trinajstić information content (AvgIpc) is 1.61. The Hall–Kier alpha value is -0.300. The smallest absolute Gasteiger partial charge is 0.141 e. The summed E-state index contributed by atoms with van der Waals surface area (Å²) in [6, 6.07) is 0. The average molecular weight is 131 g/mol. The molecule has 1 aliphatic carbocycles. The maximum Gasteiger partial charge on any atom is 0.141 e. The highest BCUT2D eigenvalue weighted by Crippen LogP contribution is 2.30. The molecule has 0 heterocycles. The van der Waals surface area contributed by atoms with Crippen LogP contribution in [-0.2, 0) is 4.79 Å². The Balaban J connectivity index is 2.49. The third kappa shape index (κ3) is 0.781. The molecule has 0 bridgehead atoms. The Morgan fingerprint density at radius 3 is 2.50 bits per heavy atom. The van der Waals surface area contributed by atoms with Crippen molar-refractivity contribution in [1.82, 2.24) is 0 Å². The SMILES string of the molecule is C=C(Cl)C1CCC1=O. The molecule has 0 aromatic heterocycles. The molecule has 8 heavy (non-hydrogen) atoms. The van der Waals surface area contributed by atoms with Crippen molar-refractivity contribution >= 4 is 17.4 Å². The number of allylic oxidation sites excluding steroid dienone is 1. The molecule has 0 radical (unpaired) electrons. The summed E-state index contributed by atoms with van der Waals surface area (Å²) in [4.78, 5) is 10.5. The Bertz CT molecular complexity index is 131. The molecule has 1 nitrogen and oxygen atoms in total. The molecule has 1 aliphatic rings. The highest BCUT2D eigenvalue weighted by Gasteiger charge is 2.29. The molecule has 44 valence electrons. The van der Waals surface area contributed by atoms with Gasteiger partial charge in [0.15, 0.2) is 0 Å². The van der Waals surface area contributed by atoms with Gasteiger partial charge in [0.05, 0.1) is 5.92 Å². The lowest BCUT2D eigenvalue weighted by Crippen LogP contribution is -2.25. The lowest BCUT2D eigenvalue weighted by molar-refractivity contribution is -0.127. The summed E-state index contributed by atoms with van der Waals surface area (Å²) in [5, 5.41) is 0.501. The summed E-state index contributed by atoms with van der Waals surface area (Å²) >= 11 is 5.46. The van der Waals surface area contributed by atoms with Gasteiger partial charge in [-0.25, -0.2) is 0 Å². The quantitative estimate of drug-likeness (QED) is 0.528. The highest BCUT2D eigenvalue weighted by molar-refractivity contribution is 6.31. The molecule has 0 amide bonds. The van der Waals surface area contributed by atoms with Crippen molar-refractivity contribution in [3.05, 3.63) is 11.6 Å². The summed E-state index contributed by atoms with van der Waals surface area (Å²) in [6.07, 6.45) is 1.59. The van der Waals surface area contributed by atoms with Crippen LogP contribution in [-0.4, -0.2) is 5.78 Å². The second-order valence-corrected chi connectivity index (χ2v) is 2.49. The molecule has 0 N–H and O–H groups in total. The topological polar surface area (TPSA) is 17.1 Å². The fourth-order valence-electron chi connectivity index (χ4n) is 0.738. The summed E-state index contributed by atoms with van der Waals surface area (Å²) < 4.78 is 0. The molecular weight excluding hydrogens is 124 g/mol. The number of hydrogen-bond acceptors (Lipinski definition) is 1. The van der Waals surface area contributed by atoms with Crippen molar-refractivity contribution in [1.29, 1.82) is 0 Å². The van der Waals surface area contributed by atoms with Crippen LogP contribution < -0.4 is 0 Å². The largest absolute Gasteiger partial charge is 0.299 e. The standard InChI is InChI=1S/C6H7ClO/c1-4(7)5-2-3-6(5)8/h5H,1-3H2. The fourth-order valence-corrected chi connectivity index (χ4v) is 0.969. The summed E-state index contributed by atoms with van der Waals surface area (Å²) in [5.74, 6) is 0.224.